The SMILES string of the molecule is CCCCCCCCCCCCCC1N(CCCCCC)C=CN1Cc1ccccc1. The molecule has 0 N–H and O–H groups in total. The van der Waals surface area contributed by atoms with E-state index in [1.165, 1.54) is 115 Å². The molecule has 1 heterocycles. The van der Waals surface area contributed by atoms with E-state index in [0.717, 1.165) is 6.54 Å². The van der Waals surface area contributed by atoms with Crippen molar-refractivity contribution in [3.63, 3.8) is 0 Å². The fourth-order valence-electron chi connectivity index (χ4n) is 4.78. The first-order valence-electron chi connectivity index (χ1n) is 13.6. The highest BCUT2D eigenvalue weighted by atomic mass is 15.4. The van der Waals surface area contributed by atoms with Crippen LogP contribution in [0.25, 0.3) is 0 Å². The molecule has 2 heteroatoms. The predicted molar refractivity (Wildman–Crippen MR) is 137 cm³/mol. The maximum absolute atomic E-state index is 2.62. The third kappa shape index (κ3) is 11.1. The normalized spacial score (nSPS) is 15.9. The number of unbranched alkanes of at least 4 members (excludes halogenated alkanes) is 13. The number of hydrogen-bond acceptors (Lipinski definition) is 2. The van der Waals surface area contributed by atoms with Gasteiger partial charge in [0.15, 0.2) is 0 Å². The second-order valence-electron chi connectivity index (χ2n) is 9.56. The summed E-state index contributed by atoms with van der Waals surface area (Å²) in [5, 5.41) is 0. The van der Waals surface area contributed by atoms with Gasteiger partial charge < -0.3 is 9.80 Å². The molecule has 1 aliphatic heterocycles. The highest BCUT2D eigenvalue weighted by Gasteiger charge is 2.25. The molecule has 176 valence electrons. The largest absolute Gasteiger partial charge is 0.356 e. The standard InChI is InChI=1S/C29H50N2/c1-3-5-7-9-10-11-12-13-14-15-19-23-29-30(24-20-8-6-4-2)25-26-31(29)27-28-21-17-16-18-22-28/h16-18,21-22,25-26,29H,3-15,19-20,23-24,27H2,1-2H3. The summed E-state index contributed by atoms with van der Waals surface area (Å²) >= 11 is 0. The Morgan fingerprint density at radius 2 is 1.10 bits per heavy atom. The minimum Gasteiger partial charge on any atom is -0.356 e. The molecule has 1 unspecified atom stereocenters. The zero-order valence-electron chi connectivity index (χ0n) is 20.7. The summed E-state index contributed by atoms with van der Waals surface area (Å²) in [5.41, 5.74) is 1.42. The van der Waals surface area contributed by atoms with Crippen LogP contribution in [0.2, 0.25) is 0 Å². The fourth-order valence-corrected chi connectivity index (χ4v) is 4.78. The lowest BCUT2D eigenvalue weighted by Crippen LogP contribution is -2.38. The van der Waals surface area contributed by atoms with Crippen molar-refractivity contribution in [3.8, 4) is 0 Å². The summed E-state index contributed by atoms with van der Waals surface area (Å²) in [6.07, 6.45) is 27.6. The smallest absolute Gasteiger partial charge is 0.101 e. The molecule has 0 bridgehead atoms. The highest BCUT2D eigenvalue weighted by molar-refractivity contribution is 5.15. The van der Waals surface area contributed by atoms with E-state index in [1.54, 1.807) is 0 Å². The summed E-state index contributed by atoms with van der Waals surface area (Å²) in [6, 6.07) is 11.0. The topological polar surface area (TPSA) is 6.48 Å². The fraction of sp³-hybridized carbons (Fsp3) is 0.724. The van der Waals surface area contributed by atoms with Crippen LogP contribution in [0.5, 0.6) is 0 Å². The molecular formula is C29H50N2. The van der Waals surface area contributed by atoms with Gasteiger partial charge in [-0.1, -0.05) is 128 Å². The lowest BCUT2D eigenvalue weighted by molar-refractivity contribution is 0.132. The molecule has 2 nitrogen and oxygen atoms in total. The third-order valence-electron chi connectivity index (χ3n) is 6.76. The molecule has 0 radical (unpaired) electrons. The van der Waals surface area contributed by atoms with Crippen molar-refractivity contribution in [2.24, 2.45) is 0 Å². The van der Waals surface area contributed by atoms with Gasteiger partial charge in [0.05, 0.1) is 0 Å². The van der Waals surface area contributed by atoms with Crippen LogP contribution in [0.15, 0.2) is 42.7 Å². The summed E-state index contributed by atoms with van der Waals surface area (Å²) in [5.74, 6) is 0. The number of nitrogens with zero attached hydrogens (tertiary/aromatic N) is 2. The van der Waals surface area contributed by atoms with Crippen LogP contribution in [0, 0.1) is 0 Å². The summed E-state index contributed by atoms with van der Waals surface area (Å²) < 4.78 is 0. The molecule has 0 aliphatic carbocycles. The molecule has 31 heavy (non-hydrogen) atoms. The van der Waals surface area contributed by atoms with Crippen molar-refractivity contribution in [1.82, 2.24) is 9.80 Å². The van der Waals surface area contributed by atoms with Crippen LogP contribution in [-0.4, -0.2) is 22.5 Å². The van der Waals surface area contributed by atoms with Crippen LogP contribution in [0.4, 0.5) is 0 Å². The van der Waals surface area contributed by atoms with E-state index >= 15 is 0 Å². The van der Waals surface area contributed by atoms with Crippen LogP contribution < -0.4 is 0 Å². The molecule has 0 spiro atoms. The molecule has 0 amide bonds. The van der Waals surface area contributed by atoms with Gasteiger partial charge in [-0.2, -0.15) is 0 Å². The Bertz CT molecular complexity index is 553. The van der Waals surface area contributed by atoms with Gasteiger partial charge in [0.25, 0.3) is 0 Å². The Labute approximate surface area is 194 Å². The minimum absolute atomic E-state index is 0.556. The van der Waals surface area contributed by atoms with Crippen molar-refractivity contribution < 1.29 is 0 Å². The monoisotopic (exact) mass is 426 g/mol. The molecule has 1 atom stereocenters. The van der Waals surface area contributed by atoms with Crippen molar-refractivity contribution in [1.29, 1.82) is 0 Å². The molecule has 0 fully saturated rings. The van der Waals surface area contributed by atoms with Gasteiger partial charge in [0, 0.05) is 25.5 Å². The lowest BCUT2D eigenvalue weighted by atomic mass is 10.0. The van der Waals surface area contributed by atoms with Crippen molar-refractivity contribution in [2.45, 2.75) is 129 Å². The molecule has 2 rings (SSSR count). The zero-order valence-corrected chi connectivity index (χ0v) is 20.7. The van der Waals surface area contributed by atoms with Gasteiger partial charge in [-0.25, -0.2) is 0 Å². The maximum atomic E-state index is 2.62. The Morgan fingerprint density at radius 3 is 1.71 bits per heavy atom. The molecule has 0 aromatic heterocycles. The predicted octanol–water partition coefficient (Wildman–Crippen LogP) is 8.88. The van der Waals surface area contributed by atoms with Crippen molar-refractivity contribution >= 4 is 0 Å². The molecular weight excluding hydrogens is 376 g/mol. The average Bonchev–Trinajstić information content (AvgIpc) is 3.17. The molecule has 1 aromatic rings. The van der Waals surface area contributed by atoms with E-state index in [0.29, 0.717) is 6.17 Å². The highest BCUT2D eigenvalue weighted by Crippen LogP contribution is 2.24. The van der Waals surface area contributed by atoms with Crippen molar-refractivity contribution in [2.75, 3.05) is 6.54 Å². The third-order valence-corrected chi connectivity index (χ3v) is 6.76. The summed E-state index contributed by atoms with van der Waals surface area (Å²) in [7, 11) is 0. The van der Waals surface area contributed by atoms with Gasteiger partial charge in [-0.15, -0.1) is 0 Å². The average molecular weight is 427 g/mol. The van der Waals surface area contributed by atoms with Crippen LogP contribution in [0.3, 0.4) is 0 Å². The molecule has 0 saturated carbocycles. The van der Waals surface area contributed by atoms with Crippen LogP contribution in [0.1, 0.15) is 122 Å². The van der Waals surface area contributed by atoms with Crippen LogP contribution in [-0.2, 0) is 6.54 Å². The van der Waals surface area contributed by atoms with E-state index in [-0.39, 0.29) is 0 Å². The Hall–Kier alpha value is -1.44. The first kappa shape index (κ1) is 25.8. The lowest BCUT2D eigenvalue weighted by Gasteiger charge is -2.33. The quantitative estimate of drug-likeness (QED) is 0.204. The van der Waals surface area contributed by atoms with E-state index in [9.17, 15) is 0 Å². The van der Waals surface area contributed by atoms with Gasteiger partial charge in [0.2, 0.25) is 0 Å². The number of hydrogen-bond donors (Lipinski definition) is 0. The zero-order chi connectivity index (χ0) is 22.0. The molecule has 0 saturated heterocycles. The van der Waals surface area contributed by atoms with E-state index in [2.05, 4.69) is 66.4 Å². The Balaban J connectivity index is 1.66. The van der Waals surface area contributed by atoms with Gasteiger partial charge in [-0.05, 0) is 24.8 Å². The first-order chi connectivity index (χ1) is 15.3. The van der Waals surface area contributed by atoms with Crippen LogP contribution >= 0.6 is 0 Å². The number of benzene rings is 1. The van der Waals surface area contributed by atoms with E-state index in [1.807, 2.05) is 0 Å². The summed E-state index contributed by atoms with van der Waals surface area (Å²) in [4.78, 5) is 5.19. The minimum atomic E-state index is 0.556. The summed E-state index contributed by atoms with van der Waals surface area (Å²) in [6.45, 7) is 6.84. The molecule has 1 aliphatic rings. The van der Waals surface area contributed by atoms with Gasteiger partial charge >= 0.3 is 0 Å². The Morgan fingerprint density at radius 1 is 0.581 bits per heavy atom. The Kier molecular flexibility index (Phi) is 14.3. The number of rotatable bonds is 19. The maximum Gasteiger partial charge on any atom is 0.101 e. The van der Waals surface area contributed by atoms with E-state index in [4.69, 9.17) is 0 Å². The second kappa shape index (κ2) is 17.2. The molecule has 1 aromatic carbocycles. The van der Waals surface area contributed by atoms with Crippen molar-refractivity contribution in [3.05, 3.63) is 48.3 Å². The van der Waals surface area contributed by atoms with E-state index < -0.39 is 0 Å². The van der Waals surface area contributed by atoms with Gasteiger partial charge in [0.1, 0.15) is 6.17 Å². The van der Waals surface area contributed by atoms with Gasteiger partial charge in [-0.3, -0.25) is 0 Å². The first-order valence-corrected chi connectivity index (χ1v) is 13.6. The second-order valence-corrected chi connectivity index (χ2v) is 9.56.